The Morgan fingerprint density at radius 2 is 2.00 bits per heavy atom. The Balaban J connectivity index is 2.59. The molecule has 122 valence electrons. The monoisotopic (exact) mass is 307 g/mol. The molecule has 1 amide bonds. The lowest BCUT2D eigenvalue weighted by Gasteiger charge is -2.18. The standard InChI is InChI=1S/C17H25NO4/c1-12(2)8-9-22-14-7-5-6-13(10-14)18-15(19)11-17(3,4)16(20)21/h5-7,10,12H,8-9,11H2,1-4H3,(H,18,19)(H,20,21). The molecule has 1 aromatic rings. The summed E-state index contributed by atoms with van der Waals surface area (Å²) in [4.78, 5) is 23.0. The predicted octanol–water partition coefficient (Wildman–Crippen LogP) is 3.55. The van der Waals surface area contributed by atoms with Crippen molar-refractivity contribution in [2.75, 3.05) is 11.9 Å². The summed E-state index contributed by atoms with van der Waals surface area (Å²) in [5.41, 5.74) is -0.483. The number of rotatable bonds is 8. The number of carbonyl (C=O) groups is 2. The first-order chi connectivity index (χ1) is 10.2. The fraction of sp³-hybridized carbons (Fsp3) is 0.529. The van der Waals surface area contributed by atoms with Crippen LogP contribution in [0, 0.1) is 11.3 Å². The van der Waals surface area contributed by atoms with Crippen LogP contribution >= 0.6 is 0 Å². The van der Waals surface area contributed by atoms with Gasteiger partial charge in [0.1, 0.15) is 5.75 Å². The van der Waals surface area contributed by atoms with Crippen molar-refractivity contribution < 1.29 is 19.4 Å². The maximum absolute atomic E-state index is 11.9. The van der Waals surface area contributed by atoms with Crippen molar-refractivity contribution >= 4 is 17.6 Å². The maximum atomic E-state index is 11.9. The molecule has 0 unspecified atom stereocenters. The number of anilines is 1. The van der Waals surface area contributed by atoms with Gasteiger partial charge in [0.05, 0.1) is 12.0 Å². The normalized spacial score (nSPS) is 11.3. The van der Waals surface area contributed by atoms with Gasteiger partial charge in [-0.15, -0.1) is 0 Å². The van der Waals surface area contributed by atoms with Gasteiger partial charge in [-0.3, -0.25) is 9.59 Å². The molecule has 0 fully saturated rings. The fourth-order valence-corrected chi connectivity index (χ4v) is 1.76. The number of hydrogen-bond acceptors (Lipinski definition) is 3. The van der Waals surface area contributed by atoms with Crippen LogP contribution in [0.4, 0.5) is 5.69 Å². The van der Waals surface area contributed by atoms with E-state index in [2.05, 4.69) is 19.2 Å². The first kappa shape index (κ1) is 18.0. The highest BCUT2D eigenvalue weighted by molar-refractivity contribution is 5.94. The molecule has 0 saturated heterocycles. The number of amides is 1. The molecule has 0 atom stereocenters. The van der Waals surface area contributed by atoms with Crippen molar-refractivity contribution in [3.8, 4) is 5.75 Å². The first-order valence-corrected chi connectivity index (χ1v) is 7.47. The number of hydrogen-bond donors (Lipinski definition) is 2. The first-order valence-electron chi connectivity index (χ1n) is 7.47. The van der Waals surface area contributed by atoms with Gasteiger partial charge in [-0.25, -0.2) is 0 Å². The zero-order valence-electron chi connectivity index (χ0n) is 13.7. The molecule has 2 N–H and O–H groups in total. The molecule has 0 radical (unpaired) electrons. The van der Waals surface area contributed by atoms with Gasteiger partial charge in [-0.05, 0) is 38.3 Å². The molecule has 0 spiro atoms. The molecule has 0 bridgehead atoms. The maximum Gasteiger partial charge on any atom is 0.309 e. The highest BCUT2D eigenvalue weighted by atomic mass is 16.5. The van der Waals surface area contributed by atoms with Crippen LogP contribution in [0.5, 0.6) is 5.75 Å². The topological polar surface area (TPSA) is 75.6 Å². The van der Waals surface area contributed by atoms with E-state index in [1.54, 1.807) is 18.2 Å². The third kappa shape index (κ3) is 6.16. The Labute approximate surface area is 131 Å². The molecular weight excluding hydrogens is 282 g/mol. The number of carbonyl (C=O) groups excluding carboxylic acids is 1. The molecule has 0 saturated carbocycles. The summed E-state index contributed by atoms with van der Waals surface area (Å²) in [6.07, 6.45) is 0.879. The lowest BCUT2D eigenvalue weighted by atomic mass is 9.89. The lowest BCUT2D eigenvalue weighted by Crippen LogP contribution is -2.29. The summed E-state index contributed by atoms with van der Waals surface area (Å²) in [6, 6.07) is 7.12. The second-order valence-corrected chi connectivity index (χ2v) is 6.47. The Kier molecular flexibility index (Phi) is 6.40. The minimum absolute atomic E-state index is 0.0826. The van der Waals surface area contributed by atoms with Crippen LogP contribution in [0.1, 0.15) is 40.5 Å². The van der Waals surface area contributed by atoms with E-state index >= 15 is 0 Å². The van der Waals surface area contributed by atoms with Crippen LogP contribution < -0.4 is 10.1 Å². The molecule has 0 aliphatic rings. The molecule has 0 heterocycles. The lowest BCUT2D eigenvalue weighted by molar-refractivity contribution is -0.148. The third-order valence-corrected chi connectivity index (χ3v) is 3.26. The van der Waals surface area contributed by atoms with Gasteiger partial charge in [0, 0.05) is 18.2 Å². The van der Waals surface area contributed by atoms with Crippen LogP contribution in [0.2, 0.25) is 0 Å². The molecule has 0 aromatic heterocycles. The smallest absolute Gasteiger partial charge is 0.309 e. The van der Waals surface area contributed by atoms with Crippen LogP contribution in [-0.2, 0) is 9.59 Å². The molecule has 5 heteroatoms. The van der Waals surface area contributed by atoms with Gasteiger partial charge in [0.25, 0.3) is 0 Å². The summed E-state index contributed by atoms with van der Waals surface area (Å²) in [6.45, 7) is 7.94. The highest BCUT2D eigenvalue weighted by Crippen LogP contribution is 2.23. The number of ether oxygens (including phenoxy) is 1. The second kappa shape index (κ2) is 7.82. The summed E-state index contributed by atoms with van der Waals surface area (Å²) >= 11 is 0. The predicted molar refractivity (Wildman–Crippen MR) is 86.1 cm³/mol. The summed E-state index contributed by atoms with van der Waals surface area (Å²) in [5, 5.41) is 11.8. The van der Waals surface area contributed by atoms with E-state index in [9.17, 15) is 9.59 Å². The zero-order valence-corrected chi connectivity index (χ0v) is 13.7. The molecule has 1 aromatic carbocycles. The average molecular weight is 307 g/mol. The number of nitrogens with one attached hydrogen (secondary N) is 1. The summed E-state index contributed by atoms with van der Waals surface area (Å²) in [7, 11) is 0. The van der Waals surface area contributed by atoms with E-state index in [1.807, 2.05) is 6.07 Å². The number of carboxylic acids is 1. The van der Waals surface area contributed by atoms with Crippen LogP contribution in [-0.4, -0.2) is 23.6 Å². The fourth-order valence-electron chi connectivity index (χ4n) is 1.76. The quantitative estimate of drug-likeness (QED) is 0.770. The van der Waals surface area contributed by atoms with Crippen molar-refractivity contribution in [1.82, 2.24) is 0 Å². The van der Waals surface area contributed by atoms with Crippen LogP contribution in [0.3, 0.4) is 0 Å². The summed E-state index contributed by atoms with van der Waals surface area (Å²) in [5.74, 6) is -0.0581. The van der Waals surface area contributed by atoms with Gasteiger partial charge >= 0.3 is 5.97 Å². The Morgan fingerprint density at radius 1 is 1.32 bits per heavy atom. The molecule has 1 rings (SSSR count). The second-order valence-electron chi connectivity index (χ2n) is 6.47. The van der Waals surface area contributed by atoms with Crippen molar-refractivity contribution in [1.29, 1.82) is 0 Å². The molecule has 5 nitrogen and oxygen atoms in total. The van der Waals surface area contributed by atoms with E-state index in [0.29, 0.717) is 24.0 Å². The Morgan fingerprint density at radius 3 is 2.59 bits per heavy atom. The van der Waals surface area contributed by atoms with E-state index < -0.39 is 11.4 Å². The molecule has 0 aliphatic heterocycles. The van der Waals surface area contributed by atoms with Gasteiger partial charge in [-0.2, -0.15) is 0 Å². The largest absolute Gasteiger partial charge is 0.494 e. The van der Waals surface area contributed by atoms with E-state index in [0.717, 1.165) is 6.42 Å². The van der Waals surface area contributed by atoms with Crippen molar-refractivity contribution in [2.24, 2.45) is 11.3 Å². The van der Waals surface area contributed by atoms with Crippen LogP contribution in [0.15, 0.2) is 24.3 Å². The average Bonchev–Trinajstić information content (AvgIpc) is 2.37. The van der Waals surface area contributed by atoms with Gasteiger partial charge in [-0.1, -0.05) is 19.9 Å². The van der Waals surface area contributed by atoms with Crippen LogP contribution in [0.25, 0.3) is 0 Å². The van der Waals surface area contributed by atoms with Gasteiger partial charge in [0.2, 0.25) is 5.91 Å². The number of aliphatic carboxylic acids is 1. The minimum Gasteiger partial charge on any atom is -0.494 e. The van der Waals surface area contributed by atoms with E-state index in [-0.39, 0.29) is 12.3 Å². The molecule has 0 aliphatic carbocycles. The summed E-state index contributed by atoms with van der Waals surface area (Å²) < 4.78 is 5.63. The Bertz CT molecular complexity index is 523. The zero-order chi connectivity index (χ0) is 16.8. The van der Waals surface area contributed by atoms with Crippen molar-refractivity contribution in [3.63, 3.8) is 0 Å². The van der Waals surface area contributed by atoms with Gasteiger partial charge < -0.3 is 15.2 Å². The van der Waals surface area contributed by atoms with Gasteiger partial charge in [0.15, 0.2) is 0 Å². The van der Waals surface area contributed by atoms with E-state index in [1.165, 1.54) is 13.8 Å². The number of benzene rings is 1. The molecular formula is C17H25NO4. The van der Waals surface area contributed by atoms with Crippen molar-refractivity contribution in [2.45, 2.75) is 40.5 Å². The highest BCUT2D eigenvalue weighted by Gasteiger charge is 2.30. The molecule has 22 heavy (non-hydrogen) atoms. The third-order valence-electron chi connectivity index (χ3n) is 3.26. The van der Waals surface area contributed by atoms with Crippen molar-refractivity contribution in [3.05, 3.63) is 24.3 Å². The number of carboxylic acid groups (broad SMARTS) is 1. The Hall–Kier alpha value is -2.04. The van der Waals surface area contributed by atoms with E-state index in [4.69, 9.17) is 9.84 Å². The minimum atomic E-state index is -1.09. The SMILES string of the molecule is CC(C)CCOc1cccc(NC(=O)CC(C)(C)C(=O)O)c1.